The molecule has 3 atom stereocenters. The van der Waals surface area contributed by atoms with Crippen LogP contribution in [0.5, 0.6) is 0 Å². The van der Waals surface area contributed by atoms with Crippen LogP contribution in [0, 0.1) is 17.7 Å². The molecule has 5 heteroatoms. The molecular formula is C27H32FN3O. The highest BCUT2D eigenvalue weighted by Crippen LogP contribution is 2.51. The number of benzene rings is 2. The number of aryl methyl sites for hydroxylation is 1. The molecule has 1 saturated carbocycles. The Morgan fingerprint density at radius 1 is 1.16 bits per heavy atom. The number of para-hydroxylation sites is 2. The molecule has 2 aromatic carbocycles. The first kappa shape index (κ1) is 21.4. The van der Waals surface area contributed by atoms with Gasteiger partial charge in [0, 0.05) is 18.9 Å². The van der Waals surface area contributed by atoms with E-state index < -0.39 is 5.60 Å². The average molecular weight is 434 g/mol. The molecule has 0 radical (unpaired) electrons. The third kappa shape index (κ3) is 4.37. The summed E-state index contributed by atoms with van der Waals surface area (Å²) in [6.07, 6.45) is 7.86. The van der Waals surface area contributed by atoms with Crippen molar-refractivity contribution < 1.29 is 9.50 Å². The number of nitrogens with one attached hydrogen (secondary N) is 1. The molecule has 168 valence electrons. The van der Waals surface area contributed by atoms with Crippen LogP contribution in [-0.2, 0) is 6.42 Å². The van der Waals surface area contributed by atoms with Gasteiger partial charge >= 0.3 is 0 Å². The monoisotopic (exact) mass is 433 g/mol. The van der Waals surface area contributed by atoms with Crippen molar-refractivity contribution in [1.82, 2.24) is 14.9 Å². The highest BCUT2D eigenvalue weighted by Gasteiger charge is 2.46. The highest BCUT2D eigenvalue weighted by atomic mass is 19.1. The van der Waals surface area contributed by atoms with Crippen molar-refractivity contribution in [2.75, 3.05) is 20.1 Å². The predicted molar refractivity (Wildman–Crippen MR) is 127 cm³/mol. The summed E-state index contributed by atoms with van der Waals surface area (Å²) in [6.45, 7) is 1.86. The summed E-state index contributed by atoms with van der Waals surface area (Å²) in [5.74, 6) is 1.34. The lowest BCUT2D eigenvalue weighted by molar-refractivity contribution is -0.0574. The van der Waals surface area contributed by atoms with Crippen LogP contribution in [0.25, 0.3) is 16.6 Å². The molecule has 2 bridgehead atoms. The van der Waals surface area contributed by atoms with Crippen LogP contribution in [0.3, 0.4) is 0 Å². The van der Waals surface area contributed by atoms with E-state index in [2.05, 4.69) is 34.1 Å². The second kappa shape index (κ2) is 8.80. The third-order valence-electron chi connectivity index (χ3n) is 7.41. The molecular weight excluding hydrogens is 401 g/mol. The minimum absolute atomic E-state index is 0.162. The fourth-order valence-corrected chi connectivity index (χ4v) is 5.61. The number of imidazole rings is 1. The van der Waals surface area contributed by atoms with Crippen LogP contribution >= 0.6 is 0 Å². The molecule has 1 heterocycles. The first-order valence-corrected chi connectivity index (χ1v) is 11.8. The first-order chi connectivity index (χ1) is 15.5. The predicted octanol–water partition coefficient (Wildman–Crippen LogP) is 5.20. The van der Waals surface area contributed by atoms with E-state index in [1.165, 1.54) is 11.6 Å². The number of halogens is 1. The number of rotatable bonds is 8. The van der Waals surface area contributed by atoms with Crippen molar-refractivity contribution in [3.8, 4) is 0 Å². The molecule has 6 rings (SSSR count). The Bertz CT molecular complexity index is 1090. The van der Waals surface area contributed by atoms with Crippen LogP contribution in [0.1, 0.15) is 43.5 Å². The molecule has 2 N–H and O–H groups in total. The van der Waals surface area contributed by atoms with Crippen LogP contribution in [0.2, 0.25) is 0 Å². The molecule has 4 nitrogen and oxygen atoms in total. The zero-order valence-corrected chi connectivity index (χ0v) is 18.7. The Balaban J connectivity index is 1.14. The minimum atomic E-state index is -0.646. The number of H-pyrrole nitrogens is 1. The molecule has 1 aromatic heterocycles. The lowest BCUT2D eigenvalue weighted by Crippen LogP contribution is -2.48. The molecule has 3 aliphatic carbocycles. The normalized spacial score (nSPS) is 24.9. The molecule has 0 saturated heterocycles. The molecule has 1 fully saturated rings. The van der Waals surface area contributed by atoms with Gasteiger partial charge in [0.1, 0.15) is 11.6 Å². The second-order valence-electron chi connectivity index (χ2n) is 9.68. The van der Waals surface area contributed by atoms with Gasteiger partial charge in [-0.2, -0.15) is 0 Å². The van der Waals surface area contributed by atoms with E-state index in [1.54, 1.807) is 12.1 Å². The second-order valence-corrected chi connectivity index (χ2v) is 9.68. The van der Waals surface area contributed by atoms with Crippen LogP contribution in [0.4, 0.5) is 4.39 Å². The van der Waals surface area contributed by atoms with E-state index >= 15 is 0 Å². The number of hydrogen-bond donors (Lipinski definition) is 2. The van der Waals surface area contributed by atoms with E-state index in [-0.39, 0.29) is 11.7 Å². The van der Waals surface area contributed by atoms with Crippen molar-refractivity contribution >= 4 is 16.6 Å². The van der Waals surface area contributed by atoms with Crippen LogP contribution < -0.4 is 0 Å². The molecule has 3 aromatic rings. The third-order valence-corrected chi connectivity index (χ3v) is 7.41. The summed E-state index contributed by atoms with van der Waals surface area (Å²) in [5.41, 5.74) is 3.67. The Morgan fingerprint density at radius 2 is 2.03 bits per heavy atom. The number of fused-ring (bicyclic) bond motifs is 3. The van der Waals surface area contributed by atoms with Crippen molar-refractivity contribution in [1.29, 1.82) is 0 Å². The molecule has 0 aliphatic heterocycles. The summed E-state index contributed by atoms with van der Waals surface area (Å²) in [5, 5.41) is 11.5. The SMILES string of the molecule is CN(CCCc1nc2ccccc2[nH]1)CC[C@]1(O)C[C@H]2CC[C@H]1C=C2c1cccc(F)c1. The van der Waals surface area contributed by atoms with Gasteiger partial charge in [0.25, 0.3) is 0 Å². The van der Waals surface area contributed by atoms with E-state index in [0.29, 0.717) is 5.92 Å². The smallest absolute Gasteiger partial charge is 0.123 e. The van der Waals surface area contributed by atoms with Crippen molar-refractivity contribution in [2.24, 2.45) is 11.8 Å². The molecule has 0 amide bonds. The summed E-state index contributed by atoms with van der Waals surface area (Å²) in [6, 6.07) is 15.0. The van der Waals surface area contributed by atoms with Crippen molar-refractivity contribution in [3.05, 3.63) is 71.8 Å². The van der Waals surface area contributed by atoms with Gasteiger partial charge in [-0.1, -0.05) is 30.3 Å². The molecule has 0 spiro atoms. The van der Waals surface area contributed by atoms with Gasteiger partial charge in [-0.25, -0.2) is 9.37 Å². The van der Waals surface area contributed by atoms with Gasteiger partial charge in [0.05, 0.1) is 16.6 Å². The number of hydrogen-bond acceptors (Lipinski definition) is 3. The Hall–Kier alpha value is -2.50. The Morgan fingerprint density at radius 3 is 2.81 bits per heavy atom. The zero-order chi connectivity index (χ0) is 22.1. The standard InChI is InChI=1S/C27H32FN3O/c1-31(14-5-10-26-29-24-8-2-3-9-25(24)30-26)15-13-27(32)18-20-11-12-21(27)17-23(20)19-6-4-7-22(28)16-19/h2-4,6-9,16-17,20-21,32H,5,10-15,18H2,1H3,(H,29,30)/t20-,21+,27+/m1/s1. The highest BCUT2D eigenvalue weighted by molar-refractivity contribution is 5.74. The van der Waals surface area contributed by atoms with Gasteiger partial charge in [-0.05, 0) is 87.0 Å². The number of aromatic nitrogens is 2. The quantitative estimate of drug-likeness (QED) is 0.513. The first-order valence-electron chi connectivity index (χ1n) is 11.8. The van der Waals surface area contributed by atoms with E-state index in [4.69, 9.17) is 0 Å². The fraction of sp³-hybridized carbons (Fsp3) is 0.444. The van der Waals surface area contributed by atoms with E-state index in [9.17, 15) is 9.50 Å². The van der Waals surface area contributed by atoms with Gasteiger partial charge < -0.3 is 15.0 Å². The zero-order valence-electron chi connectivity index (χ0n) is 18.7. The Labute approximate surface area is 189 Å². The van der Waals surface area contributed by atoms with Crippen LogP contribution in [-0.4, -0.2) is 45.7 Å². The topological polar surface area (TPSA) is 52.2 Å². The van der Waals surface area contributed by atoms with Gasteiger partial charge in [-0.15, -0.1) is 0 Å². The summed E-state index contributed by atoms with van der Waals surface area (Å²) in [7, 11) is 2.14. The van der Waals surface area contributed by atoms with Gasteiger partial charge in [0.15, 0.2) is 0 Å². The van der Waals surface area contributed by atoms with Crippen molar-refractivity contribution in [3.63, 3.8) is 0 Å². The maximum atomic E-state index is 13.7. The summed E-state index contributed by atoms with van der Waals surface area (Å²) < 4.78 is 13.7. The number of allylic oxidation sites excluding steroid dienone is 1. The Kier molecular flexibility index (Phi) is 5.87. The molecule has 32 heavy (non-hydrogen) atoms. The number of nitrogens with zero attached hydrogens (tertiary/aromatic N) is 2. The largest absolute Gasteiger partial charge is 0.389 e. The van der Waals surface area contributed by atoms with Crippen LogP contribution in [0.15, 0.2) is 54.6 Å². The summed E-state index contributed by atoms with van der Waals surface area (Å²) in [4.78, 5) is 10.4. The van der Waals surface area contributed by atoms with E-state index in [0.717, 1.165) is 74.0 Å². The minimum Gasteiger partial charge on any atom is -0.389 e. The maximum absolute atomic E-state index is 13.7. The lowest BCUT2D eigenvalue weighted by Gasteiger charge is -2.48. The molecule has 3 aliphatic rings. The molecule has 0 unspecified atom stereocenters. The van der Waals surface area contributed by atoms with Crippen molar-refractivity contribution in [2.45, 2.75) is 44.1 Å². The number of aromatic amines is 1. The number of aliphatic hydroxyl groups is 1. The van der Waals surface area contributed by atoms with Gasteiger partial charge in [0.2, 0.25) is 0 Å². The average Bonchev–Trinajstić information content (AvgIpc) is 3.21. The lowest BCUT2D eigenvalue weighted by atomic mass is 9.61. The maximum Gasteiger partial charge on any atom is 0.123 e. The van der Waals surface area contributed by atoms with Gasteiger partial charge in [-0.3, -0.25) is 0 Å². The van der Waals surface area contributed by atoms with E-state index in [1.807, 2.05) is 24.3 Å². The fourth-order valence-electron chi connectivity index (χ4n) is 5.61. The summed E-state index contributed by atoms with van der Waals surface area (Å²) >= 11 is 0.